The number of aliphatic hydroxyl groups is 1. The highest BCUT2D eigenvalue weighted by molar-refractivity contribution is 7.92. The second kappa shape index (κ2) is 18.3. The maximum Gasteiger partial charge on any atom is 0.229 e. The fraction of sp³-hybridized carbons (Fsp3) is 0.514. The molecule has 0 aromatic heterocycles. The van der Waals surface area contributed by atoms with Crippen molar-refractivity contribution in [1.82, 2.24) is 10.2 Å². The Hall–Kier alpha value is -3.31. The largest absolute Gasteiger partial charge is 0.508 e. The van der Waals surface area contributed by atoms with Gasteiger partial charge in [-0.05, 0) is 131 Å². The first-order valence-electron chi connectivity index (χ1n) is 16.7. The molecular formula is C37H55N3O6S. The summed E-state index contributed by atoms with van der Waals surface area (Å²) in [5.74, 6) is 1.30. The number of anilines is 1. The first-order chi connectivity index (χ1) is 22.2. The molecule has 2 atom stereocenters. The van der Waals surface area contributed by atoms with Crippen molar-refractivity contribution < 1.29 is 28.5 Å². The summed E-state index contributed by atoms with van der Waals surface area (Å²) < 4.78 is 31.2. The Balaban J connectivity index is 1.35. The van der Waals surface area contributed by atoms with Crippen LogP contribution in [-0.2, 0) is 22.9 Å². The molecular weight excluding hydrogens is 614 g/mol. The van der Waals surface area contributed by atoms with Gasteiger partial charge in [0, 0.05) is 18.6 Å². The third-order valence-corrected chi connectivity index (χ3v) is 9.04. The minimum absolute atomic E-state index is 0.0359. The summed E-state index contributed by atoms with van der Waals surface area (Å²) in [7, 11) is -3.55. The number of aromatic hydroxyl groups is 2. The summed E-state index contributed by atoms with van der Waals surface area (Å²) in [4.78, 5) is 2.50. The zero-order valence-corrected chi connectivity index (χ0v) is 29.7. The molecule has 0 bridgehead atoms. The minimum Gasteiger partial charge on any atom is -0.508 e. The van der Waals surface area contributed by atoms with Crippen molar-refractivity contribution in [2.75, 3.05) is 37.2 Å². The van der Waals surface area contributed by atoms with Gasteiger partial charge in [0.25, 0.3) is 0 Å². The van der Waals surface area contributed by atoms with E-state index in [9.17, 15) is 23.7 Å². The van der Waals surface area contributed by atoms with Gasteiger partial charge < -0.3 is 25.4 Å². The summed E-state index contributed by atoms with van der Waals surface area (Å²) in [6, 6.07) is 19.4. The van der Waals surface area contributed by atoms with Crippen molar-refractivity contribution in [3.63, 3.8) is 0 Å². The molecule has 3 aromatic carbocycles. The Bertz CT molecular complexity index is 1490. The van der Waals surface area contributed by atoms with Crippen LogP contribution < -0.4 is 14.8 Å². The topological polar surface area (TPSA) is 131 Å². The number of hydrogen-bond acceptors (Lipinski definition) is 8. The van der Waals surface area contributed by atoms with Gasteiger partial charge in [0.1, 0.15) is 17.2 Å². The second-order valence-corrected chi connectivity index (χ2v) is 14.8. The average molecular weight is 670 g/mol. The molecule has 0 aliphatic heterocycles. The van der Waals surface area contributed by atoms with Gasteiger partial charge in [-0.15, -0.1) is 0 Å². The van der Waals surface area contributed by atoms with Crippen LogP contribution in [0.2, 0.25) is 0 Å². The summed E-state index contributed by atoms with van der Waals surface area (Å²) in [6.45, 7) is 13.7. The highest BCUT2D eigenvalue weighted by Gasteiger charge is 2.17. The van der Waals surface area contributed by atoms with Crippen LogP contribution in [0.15, 0.2) is 60.7 Å². The number of phenols is 2. The lowest BCUT2D eigenvalue weighted by atomic mass is 9.93. The SMILES string of the molecule is CC(C)N(CC[C@H](C)c1cc(CCCCOc2ccc(CCNC[C@H](O)c3ccc(O)c(NS(C)(=O)=O)c3)cc2)ccc1O)C(C)C. The standard InChI is InChI=1S/C37H55N3O6S/c1-26(2)40(27(3)4)21-19-28(5)33-23-30(12-16-35(33)41)9-7-8-22-46-32-14-10-29(11-15-32)18-20-38-25-37(43)31-13-17-36(42)34(24-31)39-47(6,44)45/h10-17,23-24,26-28,37-39,41-43H,7-9,18-22,25H2,1-6H3/t28-,37-/m0/s1. The zero-order valence-electron chi connectivity index (χ0n) is 28.9. The third-order valence-electron chi connectivity index (χ3n) is 8.45. The number of ether oxygens (including phenoxy) is 1. The van der Waals surface area contributed by atoms with Gasteiger partial charge in [0.05, 0.1) is 24.7 Å². The van der Waals surface area contributed by atoms with Crippen LogP contribution in [0.25, 0.3) is 0 Å². The molecule has 5 N–H and O–H groups in total. The first-order valence-corrected chi connectivity index (χ1v) is 18.6. The maximum atomic E-state index is 11.5. The summed E-state index contributed by atoms with van der Waals surface area (Å²) in [5.41, 5.74) is 3.96. The van der Waals surface area contributed by atoms with Crippen LogP contribution >= 0.6 is 0 Å². The van der Waals surface area contributed by atoms with Crippen LogP contribution in [0.4, 0.5) is 5.69 Å². The van der Waals surface area contributed by atoms with E-state index >= 15 is 0 Å². The fourth-order valence-electron chi connectivity index (χ4n) is 5.77. The number of rotatable bonds is 20. The van der Waals surface area contributed by atoms with Crippen LogP contribution in [0, 0.1) is 0 Å². The number of aryl methyl sites for hydroxylation is 1. The van der Waals surface area contributed by atoms with E-state index in [0.717, 1.165) is 61.8 Å². The zero-order chi connectivity index (χ0) is 34.6. The van der Waals surface area contributed by atoms with Crippen molar-refractivity contribution in [2.45, 2.75) is 90.8 Å². The summed E-state index contributed by atoms with van der Waals surface area (Å²) in [6.07, 6.45) is 4.80. The Kier molecular flexibility index (Phi) is 14.8. The molecule has 0 amide bonds. The molecule has 3 aromatic rings. The van der Waals surface area contributed by atoms with E-state index < -0.39 is 16.1 Å². The lowest BCUT2D eigenvalue weighted by Gasteiger charge is -2.31. The van der Waals surface area contributed by atoms with Crippen LogP contribution in [0.5, 0.6) is 17.2 Å². The monoisotopic (exact) mass is 669 g/mol. The molecule has 3 rings (SSSR count). The minimum atomic E-state index is -3.55. The number of hydrogen-bond donors (Lipinski definition) is 5. The fourth-order valence-corrected chi connectivity index (χ4v) is 6.33. The molecule has 0 aliphatic rings. The molecule has 47 heavy (non-hydrogen) atoms. The number of sulfonamides is 1. The Morgan fingerprint density at radius 3 is 2.15 bits per heavy atom. The Morgan fingerprint density at radius 2 is 1.49 bits per heavy atom. The molecule has 0 radical (unpaired) electrons. The lowest BCUT2D eigenvalue weighted by Crippen LogP contribution is -2.38. The highest BCUT2D eigenvalue weighted by atomic mass is 32.2. The first kappa shape index (κ1) is 38.1. The van der Waals surface area contributed by atoms with E-state index in [2.05, 4.69) is 55.6 Å². The van der Waals surface area contributed by atoms with Crippen LogP contribution in [0.3, 0.4) is 0 Å². The summed E-state index contributed by atoms with van der Waals surface area (Å²) >= 11 is 0. The Labute approximate surface area is 282 Å². The lowest BCUT2D eigenvalue weighted by molar-refractivity contribution is 0.169. The van der Waals surface area contributed by atoms with Gasteiger partial charge >= 0.3 is 0 Å². The number of unbranched alkanes of at least 4 members (excludes halogenated alkanes) is 1. The van der Waals surface area contributed by atoms with Crippen molar-refractivity contribution in [3.05, 3.63) is 82.9 Å². The molecule has 260 valence electrons. The number of benzene rings is 3. The Morgan fingerprint density at radius 1 is 0.830 bits per heavy atom. The van der Waals surface area contributed by atoms with E-state index in [-0.39, 0.29) is 23.9 Å². The predicted molar refractivity (Wildman–Crippen MR) is 191 cm³/mol. The highest BCUT2D eigenvalue weighted by Crippen LogP contribution is 2.30. The number of nitrogens with one attached hydrogen (secondary N) is 2. The molecule has 10 heteroatoms. The van der Waals surface area contributed by atoms with Crippen molar-refractivity contribution in [1.29, 1.82) is 0 Å². The van der Waals surface area contributed by atoms with Crippen molar-refractivity contribution in [2.24, 2.45) is 0 Å². The van der Waals surface area contributed by atoms with Gasteiger partial charge in [0.15, 0.2) is 0 Å². The molecule has 0 aliphatic carbocycles. The van der Waals surface area contributed by atoms with Gasteiger partial charge in [-0.25, -0.2) is 8.42 Å². The molecule has 0 unspecified atom stereocenters. The number of nitrogens with zero attached hydrogens (tertiary/aromatic N) is 1. The van der Waals surface area contributed by atoms with E-state index in [4.69, 9.17) is 4.74 Å². The normalized spacial score (nSPS) is 13.3. The maximum absolute atomic E-state index is 11.5. The van der Waals surface area contributed by atoms with Crippen molar-refractivity contribution >= 4 is 15.7 Å². The average Bonchev–Trinajstić information content (AvgIpc) is 3.00. The van der Waals surface area contributed by atoms with Crippen molar-refractivity contribution in [3.8, 4) is 17.2 Å². The van der Waals surface area contributed by atoms with Crippen LogP contribution in [0.1, 0.15) is 88.2 Å². The second-order valence-electron chi connectivity index (χ2n) is 13.1. The summed E-state index contributed by atoms with van der Waals surface area (Å²) in [5, 5.41) is 34.2. The molecule has 0 saturated carbocycles. The smallest absolute Gasteiger partial charge is 0.229 e. The van der Waals surface area contributed by atoms with Gasteiger partial charge in [-0.3, -0.25) is 9.62 Å². The van der Waals surface area contributed by atoms with E-state index in [0.29, 0.717) is 36.5 Å². The third kappa shape index (κ3) is 13.0. The molecule has 0 heterocycles. The van der Waals surface area contributed by atoms with Gasteiger partial charge in [0.2, 0.25) is 10.0 Å². The van der Waals surface area contributed by atoms with Gasteiger partial charge in [-0.1, -0.05) is 37.3 Å². The molecule has 9 nitrogen and oxygen atoms in total. The quantitative estimate of drug-likeness (QED) is 0.0695. The molecule has 0 fully saturated rings. The van der Waals surface area contributed by atoms with E-state index in [1.807, 2.05) is 36.4 Å². The van der Waals surface area contributed by atoms with E-state index in [1.54, 1.807) is 6.07 Å². The van der Waals surface area contributed by atoms with Gasteiger partial charge in [-0.2, -0.15) is 0 Å². The van der Waals surface area contributed by atoms with Crippen LogP contribution in [-0.4, -0.2) is 73.2 Å². The van der Waals surface area contributed by atoms with E-state index in [1.165, 1.54) is 17.7 Å². The molecule has 0 saturated heterocycles. The number of phenolic OH excluding ortho intramolecular Hbond substituents is 2. The predicted octanol–water partition coefficient (Wildman–Crippen LogP) is 6.35. The molecule has 0 spiro atoms. The number of aliphatic hydroxyl groups excluding tert-OH is 1.